The summed E-state index contributed by atoms with van der Waals surface area (Å²) in [5, 5.41) is 3.51. The van der Waals surface area contributed by atoms with Crippen molar-refractivity contribution >= 4 is 22.4 Å². The molecule has 4 aromatic rings. The Bertz CT molecular complexity index is 1970. The highest BCUT2D eigenvalue weighted by molar-refractivity contribution is 8.11. The zero-order valence-electron chi connectivity index (χ0n) is 36.0. The van der Waals surface area contributed by atoms with Gasteiger partial charge in [-0.05, 0) is 83.1 Å². The smallest absolute Gasteiger partial charge is 0.0382 e. The number of hydrogen-bond acceptors (Lipinski definition) is 4. The van der Waals surface area contributed by atoms with Gasteiger partial charge in [0.15, 0.2) is 0 Å². The van der Waals surface area contributed by atoms with Crippen molar-refractivity contribution in [2.45, 2.75) is 67.2 Å². The first-order valence-electron chi connectivity index (χ1n) is 20.7. The third-order valence-corrected chi connectivity index (χ3v) is 10.6. The first-order valence-corrected chi connectivity index (χ1v) is 21.5. The third-order valence-electron chi connectivity index (χ3n) is 9.28. The second-order valence-electron chi connectivity index (χ2n) is 12.8. The van der Waals surface area contributed by atoms with Gasteiger partial charge in [0.05, 0.1) is 0 Å². The van der Waals surface area contributed by atoms with Crippen LogP contribution in [-0.2, 0) is 0 Å². The molecule has 4 aromatic carbocycles. The molecule has 0 amide bonds. The van der Waals surface area contributed by atoms with E-state index in [9.17, 15) is 0 Å². The van der Waals surface area contributed by atoms with Crippen LogP contribution in [0.2, 0.25) is 0 Å². The van der Waals surface area contributed by atoms with Gasteiger partial charge in [0.25, 0.3) is 0 Å². The number of nitrogens with one attached hydrogen (secondary N) is 1. The van der Waals surface area contributed by atoms with E-state index < -0.39 is 0 Å². The lowest BCUT2D eigenvalue weighted by molar-refractivity contribution is 0.761. The van der Waals surface area contributed by atoms with Crippen LogP contribution in [0.3, 0.4) is 0 Å². The molecular formula is C54H67N3S. The Morgan fingerprint density at radius 1 is 0.741 bits per heavy atom. The highest BCUT2D eigenvalue weighted by Gasteiger charge is 2.28. The maximum atomic E-state index is 4.51. The highest BCUT2D eigenvalue weighted by atomic mass is 32.2. The van der Waals surface area contributed by atoms with E-state index in [1.54, 1.807) is 0 Å². The molecule has 3 nitrogen and oxygen atoms in total. The first-order chi connectivity index (χ1) is 28.5. The molecule has 2 aliphatic rings. The highest BCUT2D eigenvalue weighted by Crippen LogP contribution is 2.49. The molecular weight excluding hydrogens is 723 g/mol. The van der Waals surface area contributed by atoms with Crippen LogP contribution >= 0.6 is 11.8 Å². The van der Waals surface area contributed by atoms with Crippen molar-refractivity contribution in [1.82, 2.24) is 0 Å². The van der Waals surface area contributed by atoms with Crippen molar-refractivity contribution in [3.63, 3.8) is 0 Å². The summed E-state index contributed by atoms with van der Waals surface area (Å²) in [5.41, 5.74) is 10.7. The van der Waals surface area contributed by atoms with Crippen molar-refractivity contribution in [2.24, 2.45) is 23.5 Å². The monoisotopic (exact) mass is 790 g/mol. The lowest BCUT2D eigenvalue weighted by Gasteiger charge is -2.23. The van der Waals surface area contributed by atoms with E-state index in [-0.39, 0.29) is 17.8 Å². The fraction of sp³-hybridized carbons (Fsp3) is 0.222. The van der Waals surface area contributed by atoms with Crippen LogP contribution in [0, 0.1) is 11.8 Å². The summed E-state index contributed by atoms with van der Waals surface area (Å²) < 4.78 is 0. The van der Waals surface area contributed by atoms with Crippen molar-refractivity contribution in [2.75, 3.05) is 5.32 Å². The molecule has 0 bridgehead atoms. The molecule has 304 valence electrons. The van der Waals surface area contributed by atoms with Gasteiger partial charge < -0.3 is 5.32 Å². The summed E-state index contributed by atoms with van der Waals surface area (Å²) in [5.74, 6) is 8.55. The number of allylic oxidation sites excluding steroid dienone is 13. The summed E-state index contributed by atoms with van der Waals surface area (Å²) in [6, 6.07) is 40.8. The fourth-order valence-corrected chi connectivity index (χ4v) is 7.97. The molecule has 0 spiro atoms. The summed E-state index contributed by atoms with van der Waals surface area (Å²) in [6.07, 6.45) is 21.3. The lowest BCUT2D eigenvalue weighted by Crippen LogP contribution is -2.06. The molecule has 1 aliphatic heterocycles. The Morgan fingerprint density at radius 2 is 1.31 bits per heavy atom. The minimum atomic E-state index is 0.161. The van der Waals surface area contributed by atoms with Gasteiger partial charge in [-0.3, -0.25) is 11.7 Å². The minimum absolute atomic E-state index is 0.161. The van der Waals surface area contributed by atoms with Crippen LogP contribution in [0.25, 0.3) is 4.91 Å². The molecule has 1 aliphatic carbocycles. The molecule has 0 radical (unpaired) electrons. The Hall–Kier alpha value is -5.39. The van der Waals surface area contributed by atoms with Gasteiger partial charge in [0.2, 0.25) is 0 Å². The van der Waals surface area contributed by atoms with Crippen LogP contribution in [0.1, 0.15) is 89.5 Å². The summed E-state index contributed by atoms with van der Waals surface area (Å²) in [7, 11) is 0. The van der Waals surface area contributed by atoms with E-state index >= 15 is 0 Å². The largest absolute Gasteiger partial charge is 0.362 e. The van der Waals surface area contributed by atoms with Crippen LogP contribution in [0.5, 0.6) is 0 Å². The topological polar surface area (TPSA) is 64.1 Å². The molecule has 6 rings (SSSR count). The third kappa shape index (κ3) is 14.2. The Morgan fingerprint density at radius 3 is 1.90 bits per heavy atom. The molecule has 0 fully saturated rings. The minimum Gasteiger partial charge on any atom is -0.362 e. The second-order valence-corrected chi connectivity index (χ2v) is 13.8. The normalized spacial score (nSPS) is 16.0. The average molecular weight is 790 g/mol. The maximum Gasteiger partial charge on any atom is 0.0382 e. The Balaban J connectivity index is 0.00000137. The van der Waals surface area contributed by atoms with Crippen LogP contribution < -0.4 is 17.0 Å². The number of benzene rings is 4. The SMILES string of the molecule is C=C(C/C=C\Nc1cccc(C(c2ccccc2)c2ccccc2)c1)C(=C)CC(/C=C\C)C1=C2S/C(c3ccccc3)=C\C=C/C(=C)C2C=C1.CC.CC.CC.NN. The number of hydrogen-bond donors (Lipinski definition) is 3. The van der Waals surface area contributed by atoms with Crippen molar-refractivity contribution in [3.05, 3.63) is 239 Å². The summed E-state index contributed by atoms with van der Waals surface area (Å²) in [6.45, 7) is 27.5. The molecule has 5 N–H and O–H groups in total. The quantitative estimate of drug-likeness (QED) is 0.0415. The van der Waals surface area contributed by atoms with Gasteiger partial charge in [-0.15, -0.1) is 0 Å². The van der Waals surface area contributed by atoms with E-state index in [0.29, 0.717) is 0 Å². The van der Waals surface area contributed by atoms with E-state index in [1.165, 1.54) is 37.6 Å². The van der Waals surface area contributed by atoms with Crippen molar-refractivity contribution in [1.29, 1.82) is 0 Å². The molecule has 0 aromatic heterocycles. The predicted octanol–water partition coefficient (Wildman–Crippen LogP) is 15.1. The van der Waals surface area contributed by atoms with Gasteiger partial charge >= 0.3 is 0 Å². The number of fused-ring (bicyclic) bond motifs is 1. The first kappa shape index (κ1) is 48.8. The molecule has 1 heterocycles. The van der Waals surface area contributed by atoms with Crippen molar-refractivity contribution < 1.29 is 0 Å². The zero-order valence-corrected chi connectivity index (χ0v) is 36.8. The van der Waals surface area contributed by atoms with Crippen LogP contribution in [-0.4, -0.2) is 0 Å². The van der Waals surface area contributed by atoms with Crippen molar-refractivity contribution in [3.8, 4) is 0 Å². The van der Waals surface area contributed by atoms with Gasteiger partial charge in [0.1, 0.15) is 0 Å². The van der Waals surface area contributed by atoms with Crippen LogP contribution in [0.4, 0.5) is 5.69 Å². The van der Waals surface area contributed by atoms with E-state index in [2.05, 4.69) is 208 Å². The van der Waals surface area contributed by atoms with E-state index in [1.807, 2.05) is 59.5 Å². The number of nitrogens with two attached hydrogens (primary N) is 2. The standard InChI is InChI=1S/C48H45NS.3C2H6.H4N2/c1-5-18-41(45-31-30-44-36(3)19-15-29-46(50-48(44)45)38-21-9-6-10-22-38)33-37(4)35(2)20-17-32-49-43-28-16-27-42(34-43)47(39-23-11-7-12-24-39)40-25-13-8-14-26-40;4*1-2/h5-19,21-32,34,41,44,47,49H,2-4,20,33H2,1H3;3*1-2H3;1-2H2/b18-5-,19-15-,32-17-,46-29-;;;;. The molecule has 2 unspecified atom stereocenters. The molecule has 0 saturated carbocycles. The second kappa shape index (κ2) is 28.1. The Labute approximate surface area is 356 Å². The number of rotatable bonds is 13. The molecule has 2 atom stereocenters. The van der Waals surface area contributed by atoms with E-state index in [0.717, 1.165) is 35.2 Å². The van der Waals surface area contributed by atoms with E-state index in [4.69, 9.17) is 0 Å². The predicted molar refractivity (Wildman–Crippen MR) is 261 cm³/mol. The number of anilines is 1. The average Bonchev–Trinajstić information content (AvgIpc) is 3.70. The molecule has 4 heteroatoms. The maximum absolute atomic E-state index is 4.51. The van der Waals surface area contributed by atoms with Gasteiger partial charge in [-0.2, -0.15) is 0 Å². The summed E-state index contributed by atoms with van der Waals surface area (Å²) >= 11 is 1.87. The van der Waals surface area contributed by atoms with Gasteiger partial charge in [-0.25, -0.2) is 0 Å². The summed E-state index contributed by atoms with van der Waals surface area (Å²) in [4.78, 5) is 2.60. The van der Waals surface area contributed by atoms with Gasteiger partial charge in [0, 0.05) is 33.3 Å². The molecule has 0 saturated heterocycles. The number of thioether (sulfide) groups is 1. The number of hydrazine groups is 1. The molecule has 58 heavy (non-hydrogen) atoms. The van der Waals surface area contributed by atoms with Gasteiger partial charge in [-0.1, -0.05) is 224 Å². The lowest BCUT2D eigenvalue weighted by atomic mass is 9.85. The fourth-order valence-electron chi connectivity index (χ4n) is 6.64. The zero-order chi connectivity index (χ0) is 42.7. The van der Waals surface area contributed by atoms with Crippen LogP contribution in [0.15, 0.2) is 217 Å². The Kier molecular flexibility index (Phi) is 23.6.